The second-order valence-corrected chi connectivity index (χ2v) is 7.49. The molecule has 0 spiro atoms. The molecule has 3 heterocycles. The van der Waals surface area contributed by atoms with Crippen LogP contribution in [-0.2, 0) is 22.4 Å². The highest BCUT2D eigenvalue weighted by molar-refractivity contribution is 5.57. The molecule has 3 aromatic rings. The number of hydrogen-bond donors (Lipinski definition) is 0. The van der Waals surface area contributed by atoms with Crippen LogP contribution in [-0.4, -0.2) is 39.5 Å². The number of hydrogen-bond acceptors (Lipinski definition) is 5. The van der Waals surface area contributed by atoms with Crippen molar-refractivity contribution in [1.29, 1.82) is 0 Å². The molecular formula is C23H24N4O2. The Morgan fingerprint density at radius 1 is 0.931 bits per heavy atom. The van der Waals surface area contributed by atoms with Crippen LogP contribution in [0, 0.1) is 0 Å². The topological polar surface area (TPSA) is 52.4 Å². The van der Waals surface area contributed by atoms with Gasteiger partial charge in [-0.1, -0.05) is 48.5 Å². The Hall–Kier alpha value is -3.12. The minimum Gasteiger partial charge on any atom is -0.459 e. The van der Waals surface area contributed by atoms with E-state index in [9.17, 15) is 0 Å². The van der Waals surface area contributed by atoms with Crippen molar-refractivity contribution in [1.82, 2.24) is 19.7 Å². The number of benzene rings is 2. The molecule has 0 bridgehead atoms. The zero-order valence-corrected chi connectivity index (χ0v) is 16.3. The van der Waals surface area contributed by atoms with E-state index in [1.54, 1.807) is 10.9 Å². The van der Waals surface area contributed by atoms with Crippen LogP contribution in [0.3, 0.4) is 0 Å². The molecule has 0 unspecified atom stereocenters. The summed E-state index contributed by atoms with van der Waals surface area (Å²) in [5, 5.41) is 4.75. The van der Waals surface area contributed by atoms with E-state index in [2.05, 4.69) is 41.3 Å². The van der Waals surface area contributed by atoms with Crippen LogP contribution in [0.4, 0.5) is 0 Å². The van der Waals surface area contributed by atoms with Gasteiger partial charge in [-0.3, -0.25) is 4.90 Å². The van der Waals surface area contributed by atoms with Crippen LogP contribution in [0.5, 0.6) is 0 Å². The van der Waals surface area contributed by atoms with Gasteiger partial charge in [0.05, 0.1) is 0 Å². The van der Waals surface area contributed by atoms with Gasteiger partial charge in [-0.05, 0) is 43.1 Å². The fourth-order valence-corrected chi connectivity index (χ4v) is 3.89. The molecular weight excluding hydrogens is 364 g/mol. The molecule has 0 saturated carbocycles. The number of likely N-dealkylation sites (tertiary alicyclic amines) is 1. The van der Waals surface area contributed by atoms with Gasteiger partial charge in [-0.2, -0.15) is 4.68 Å². The van der Waals surface area contributed by atoms with Crippen LogP contribution < -0.4 is 0 Å². The molecule has 29 heavy (non-hydrogen) atoms. The van der Waals surface area contributed by atoms with Crippen LogP contribution in [0.1, 0.15) is 29.8 Å². The zero-order valence-electron chi connectivity index (χ0n) is 16.3. The predicted octanol–water partition coefficient (Wildman–Crippen LogP) is 3.89. The average Bonchev–Trinajstić information content (AvgIpc) is 3.51. The fraction of sp³-hybridized carbons (Fsp3) is 0.304. The lowest BCUT2D eigenvalue weighted by atomic mass is 10.1. The molecule has 6 nitrogen and oxygen atoms in total. The highest BCUT2D eigenvalue weighted by atomic mass is 16.7. The lowest BCUT2D eigenvalue weighted by molar-refractivity contribution is 0.0949. The second-order valence-electron chi connectivity index (χ2n) is 7.49. The number of rotatable bonds is 6. The molecule has 2 aliphatic rings. The van der Waals surface area contributed by atoms with Crippen LogP contribution in [0.25, 0.3) is 17.3 Å². The summed E-state index contributed by atoms with van der Waals surface area (Å²) in [6.07, 6.45) is 4.86. The molecule has 5 rings (SSSR count). The molecule has 2 aromatic carbocycles. The molecule has 0 atom stereocenters. The Labute approximate surface area is 170 Å². The van der Waals surface area contributed by atoms with E-state index >= 15 is 0 Å². The van der Waals surface area contributed by atoms with Crippen LogP contribution in [0.2, 0.25) is 0 Å². The third-order valence-electron chi connectivity index (χ3n) is 5.34. The minimum atomic E-state index is 0.209. The van der Waals surface area contributed by atoms with Gasteiger partial charge < -0.3 is 9.47 Å². The van der Waals surface area contributed by atoms with Crippen molar-refractivity contribution < 1.29 is 9.47 Å². The van der Waals surface area contributed by atoms with Crippen molar-refractivity contribution in [2.45, 2.75) is 25.8 Å². The van der Waals surface area contributed by atoms with Gasteiger partial charge in [-0.15, -0.1) is 5.10 Å². The molecule has 148 valence electrons. The summed E-state index contributed by atoms with van der Waals surface area (Å²) >= 11 is 0. The Morgan fingerprint density at radius 3 is 2.55 bits per heavy atom. The van der Waals surface area contributed by atoms with Crippen molar-refractivity contribution in [2.24, 2.45) is 0 Å². The molecule has 0 aliphatic carbocycles. The number of aromatic nitrogens is 3. The molecule has 0 amide bonds. The van der Waals surface area contributed by atoms with Gasteiger partial charge in [-0.25, -0.2) is 4.98 Å². The first-order valence-corrected chi connectivity index (χ1v) is 10.1. The maximum absolute atomic E-state index is 5.57. The SMILES string of the molecule is C1=C(n2nc(-c3cccc(CN4CCCC4)c3)nc2Cc2ccccc2)OCO1. The van der Waals surface area contributed by atoms with Gasteiger partial charge in [0, 0.05) is 18.5 Å². The Morgan fingerprint density at radius 2 is 1.76 bits per heavy atom. The number of nitrogens with zero attached hydrogens (tertiary/aromatic N) is 4. The summed E-state index contributed by atoms with van der Waals surface area (Å²) < 4.78 is 12.6. The van der Waals surface area contributed by atoms with Gasteiger partial charge >= 0.3 is 0 Å². The van der Waals surface area contributed by atoms with Crippen molar-refractivity contribution >= 4 is 5.88 Å². The first-order valence-electron chi connectivity index (χ1n) is 10.1. The van der Waals surface area contributed by atoms with E-state index in [0.29, 0.717) is 18.1 Å². The van der Waals surface area contributed by atoms with Crippen LogP contribution >= 0.6 is 0 Å². The Bertz CT molecular complexity index is 1010. The fourth-order valence-electron chi connectivity index (χ4n) is 3.89. The van der Waals surface area contributed by atoms with E-state index in [-0.39, 0.29) is 6.79 Å². The van der Waals surface area contributed by atoms with Gasteiger partial charge in [0.25, 0.3) is 5.88 Å². The van der Waals surface area contributed by atoms with E-state index < -0.39 is 0 Å². The highest BCUT2D eigenvalue weighted by Gasteiger charge is 2.19. The van der Waals surface area contributed by atoms with Gasteiger partial charge in [0.2, 0.25) is 6.79 Å². The van der Waals surface area contributed by atoms with Crippen molar-refractivity contribution in [3.05, 3.63) is 77.8 Å². The molecule has 1 aromatic heterocycles. The maximum Gasteiger partial charge on any atom is 0.255 e. The van der Waals surface area contributed by atoms with E-state index in [1.807, 2.05) is 18.2 Å². The standard InChI is InChI=1S/C23H24N4O2/c1-2-7-18(8-3-1)14-21-24-23(25-27(21)22-16-28-17-29-22)20-10-6-9-19(13-20)15-26-11-4-5-12-26/h1-3,6-10,13,16H,4-5,11-12,14-15,17H2. The molecule has 6 heteroatoms. The normalized spacial score (nSPS) is 16.5. The summed E-state index contributed by atoms with van der Waals surface area (Å²) in [6.45, 7) is 3.56. The first kappa shape index (κ1) is 17.9. The third-order valence-corrected chi connectivity index (χ3v) is 5.34. The summed E-state index contributed by atoms with van der Waals surface area (Å²) in [5.41, 5.74) is 3.49. The maximum atomic E-state index is 5.57. The second kappa shape index (κ2) is 8.09. The summed E-state index contributed by atoms with van der Waals surface area (Å²) in [4.78, 5) is 7.36. The smallest absolute Gasteiger partial charge is 0.255 e. The van der Waals surface area contributed by atoms with E-state index in [1.165, 1.54) is 37.1 Å². The lowest BCUT2D eigenvalue weighted by Gasteiger charge is -2.14. The largest absolute Gasteiger partial charge is 0.459 e. The summed E-state index contributed by atoms with van der Waals surface area (Å²) in [7, 11) is 0. The lowest BCUT2D eigenvalue weighted by Crippen LogP contribution is -2.18. The average molecular weight is 388 g/mol. The zero-order chi connectivity index (χ0) is 19.5. The molecule has 1 saturated heterocycles. The Balaban J connectivity index is 1.46. The molecule has 0 N–H and O–H groups in total. The predicted molar refractivity (Wildman–Crippen MR) is 111 cm³/mol. The first-order chi connectivity index (χ1) is 14.3. The summed E-state index contributed by atoms with van der Waals surface area (Å²) in [5.74, 6) is 2.10. The number of ether oxygens (including phenoxy) is 2. The van der Waals surface area contributed by atoms with Crippen molar-refractivity contribution in [2.75, 3.05) is 19.9 Å². The minimum absolute atomic E-state index is 0.209. The van der Waals surface area contributed by atoms with Crippen LogP contribution in [0.15, 0.2) is 60.9 Å². The van der Waals surface area contributed by atoms with Crippen molar-refractivity contribution in [3.8, 4) is 11.4 Å². The Kier molecular flexibility index (Phi) is 5.01. The van der Waals surface area contributed by atoms with Gasteiger partial charge in [0.1, 0.15) is 12.1 Å². The van der Waals surface area contributed by atoms with E-state index in [0.717, 1.165) is 17.9 Å². The highest BCUT2D eigenvalue weighted by Crippen LogP contribution is 2.23. The third kappa shape index (κ3) is 4.03. The van der Waals surface area contributed by atoms with Gasteiger partial charge in [0.15, 0.2) is 5.82 Å². The van der Waals surface area contributed by atoms with E-state index in [4.69, 9.17) is 19.6 Å². The monoisotopic (exact) mass is 388 g/mol. The molecule has 0 radical (unpaired) electrons. The molecule has 1 fully saturated rings. The van der Waals surface area contributed by atoms with Crippen molar-refractivity contribution in [3.63, 3.8) is 0 Å². The summed E-state index contributed by atoms with van der Waals surface area (Å²) in [6, 6.07) is 18.8. The quantitative estimate of drug-likeness (QED) is 0.641. The molecule has 2 aliphatic heterocycles.